The number of aryl methyl sites for hydroxylation is 1. The van der Waals surface area contributed by atoms with Crippen molar-refractivity contribution in [3.05, 3.63) is 88.4 Å². The van der Waals surface area contributed by atoms with Gasteiger partial charge >= 0.3 is 0 Å². The number of benzene rings is 2. The number of carbonyl (C=O) groups is 1. The predicted molar refractivity (Wildman–Crippen MR) is 126 cm³/mol. The van der Waals surface area contributed by atoms with Gasteiger partial charge in [0.15, 0.2) is 11.6 Å². The fraction of sp³-hybridized carbons (Fsp3) is 0.259. The van der Waals surface area contributed by atoms with E-state index in [1.807, 2.05) is 38.1 Å². The van der Waals surface area contributed by atoms with E-state index >= 15 is 0 Å². The van der Waals surface area contributed by atoms with Crippen molar-refractivity contribution in [2.24, 2.45) is 0 Å². The molecule has 3 heterocycles. The highest BCUT2D eigenvalue weighted by molar-refractivity contribution is 5.98. The van der Waals surface area contributed by atoms with Crippen molar-refractivity contribution >= 4 is 11.4 Å². The minimum absolute atomic E-state index is 0.0838. The molecule has 1 aliphatic rings. The molecule has 0 bridgehead atoms. The fourth-order valence-electron chi connectivity index (χ4n) is 4.83. The number of nitrogens with zero attached hydrogens (tertiary/aromatic N) is 2. The summed E-state index contributed by atoms with van der Waals surface area (Å²) < 4.78 is 49.7. The number of carbonyl (C=O) groups excluding carboxylic acids is 1. The number of nitrogens with one attached hydrogen (secondary N) is 1. The Bertz CT molecular complexity index is 1460. The monoisotopic (exact) mass is 479 g/mol. The minimum atomic E-state index is -1.27. The Morgan fingerprint density at radius 1 is 1.17 bits per heavy atom. The van der Waals surface area contributed by atoms with E-state index in [0.29, 0.717) is 41.3 Å². The molecule has 0 aliphatic carbocycles. The first-order valence-corrected chi connectivity index (χ1v) is 11.4. The van der Waals surface area contributed by atoms with Crippen LogP contribution in [0.3, 0.4) is 0 Å². The van der Waals surface area contributed by atoms with Crippen LogP contribution in [-0.4, -0.2) is 22.1 Å². The van der Waals surface area contributed by atoms with E-state index in [1.54, 1.807) is 13.0 Å². The lowest BCUT2D eigenvalue weighted by Crippen LogP contribution is -2.33. The Kier molecular flexibility index (Phi) is 5.75. The highest BCUT2D eigenvalue weighted by Gasteiger charge is 2.27. The lowest BCUT2D eigenvalue weighted by Gasteiger charge is -2.27. The molecule has 0 saturated carbocycles. The van der Waals surface area contributed by atoms with Crippen LogP contribution in [0.4, 0.5) is 13.2 Å². The molecule has 180 valence electrons. The van der Waals surface area contributed by atoms with Crippen LogP contribution < -0.4 is 10.1 Å². The maximum Gasteiger partial charge on any atom is 0.253 e. The van der Waals surface area contributed by atoms with Gasteiger partial charge in [0.1, 0.15) is 11.6 Å². The second-order valence-electron chi connectivity index (χ2n) is 9.05. The number of fused-ring (bicyclic) bond motifs is 2. The van der Waals surface area contributed by atoms with Gasteiger partial charge in [-0.15, -0.1) is 0 Å². The number of halogens is 3. The van der Waals surface area contributed by atoms with Crippen LogP contribution in [0.1, 0.15) is 59.3 Å². The van der Waals surface area contributed by atoms with Crippen molar-refractivity contribution in [3.63, 3.8) is 0 Å². The van der Waals surface area contributed by atoms with Crippen molar-refractivity contribution < 1.29 is 22.7 Å². The van der Waals surface area contributed by atoms with Crippen molar-refractivity contribution in [2.75, 3.05) is 6.61 Å². The molecule has 1 aliphatic heterocycles. The van der Waals surface area contributed by atoms with Gasteiger partial charge in [-0.25, -0.2) is 17.7 Å². The third-order valence-electron chi connectivity index (χ3n) is 6.37. The van der Waals surface area contributed by atoms with Crippen molar-refractivity contribution in [1.82, 2.24) is 14.9 Å². The van der Waals surface area contributed by atoms with Gasteiger partial charge < -0.3 is 10.1 Å². The molecule has 2 aromatic heterocycles. The molecule has 4 aromatic rings. The molecular formula is C27H24F3N3O2. The van der Waals surface area contributed by atoms with Gasteiger partial charge in [0.2, 0.25) is 0 Å². The summed E-state index contributed by atoms with van der Waals surface area (Å²) >= 11 is 0. The van der Waals surface area contributed by atoms with Crippen LogP contribution >= 0.6 is 0 Å². The van der Waals surface area contributed by atoms with Gasteiger partial charge in [-0.05, 0) is 42.2 Å². The smallest absolute Gasteiger partial charge is 0.253 e. The van der Waals surface area contributed by atoms with Gasteiger partial charge in [0.05, 0.1) is 35.6 Å². The van der Waals surface area contributed by atoms with E-state index in [-0.39, 0.29) is 29.1 Å². The van der Waals surface area contributed by atoms with E-state index in [9.17, 15) is 18.0 Å². The van der Waals surface area contributed by atoms with Gasteiger partial charge in [0.25, 0.3) is 5.91 Å². The van der Waals surface area contributed by atoms with E-state index < -0.39 is 17.5 Å². The van der Waals surface area contributed by atoms with Crippen LogP contribution in [0.15, 0.2) is 48.7 Å². The van der Waals surface area contributed by atoms with Gasteiger partial charge in [-0.2, -0.15) is 5.10 Å². The Morgan fingerprint density at radius 2 is 1.94 bits per heavy atom. The molecule has 0 radical (unpaired) electrons. The van der Waals surface area contributed by atoms with Crippen LogP contribution in [0.5, 0.6) is 5.75 Å². The Labute approximate surface area is 200 Å². The van der Waals surface area contributed by atoms with Gasteiger partial charge in [-0.1, -0.05) is 32.0 Å². The fourth-order valence-corrected chi connectivity index (χ4v) is 4.83. The Hall–Kier alpha value is -3.81. The van der Waals surface area contributed by atoms with Crippen LogP contribution in [0, 0.1) is 24.4 Å². The van der Waals surface area contributed by atoms with E-state index in [2.05, 4.69) is 10.4 Å². The molecule has 0 fully saturated rings. The molecule has 5 nitrogen and oxygen atoms in total. The summed E-state index contributed by atoms with van der Waals surface area (Å²) in [6.07, 6.45) is 2.06. The molecular weight excluding hydrogens is 455 g/mol. The maximum atomic E-state index is 14.6. The van der Waals surface area contributed by atoms with E-state index in [1.165, 1.54) is 10.7 Å². The number of rotatable bonds is 4. The topological polar surface area (TPSA) is 55.6 Å². The molecule has 1 atom stereocenters. The molecule has 35 heavy (non-hydrogen) atoms. The molecule has 0 spiro atoms. The summed E-state index contributed by atoms with van der Waals surface area (Å²) in [5, 5.41) is 7.50. The van der Waals surface area contributed by atoms with Crippen LogP contribution in [0.2, 0.25) is 0 Å². The zero-order valence-corrected chi connectivity index (χ0v) is 19.5. The highest BCUT2D eigenvalue weighted by atomic mass is 19.2. The van der Waals surface area contributed by atoms with Gasteiger partial charge in [-0.3, -0.25) is 4.79 Å². The summed E-state index contributed by atoms with van der Waals surface area (Å²) in [6, 6.07) is 10.6. The molecule has 1 amide bonds. The molecule has 2 aromatic carbocycles. The zero-order chi connectivity index (χ0) is 24.9. The summed E-state index contributed by atoms with van der Waals surface area (Å²) in [5.41, 5.74) is 3.20. The molecule has 5 rings (SSSR count). The maximum absolute atomic E-state index is 14.6. The summed E-state index contributed by atoms with van der Waals surface area (Å²) in [6.45, 7) is 6.10. The molecule has 0 saturated heterocycles. The average Bonchev–Trinajstić information content (AvgIpc) is 3.16. The Balaban J connectivity index is 1.60. The number of amides is 1. The first kappa shape index (κ1) is 23.0. The number of para-hydroxylation sites is 1. The third kappa shape index (κ3) is 3.92. The lowest BCUT2D eigenvalue weighted by atomic mass is 9.96. The van der Waals surface area contributed by atoms with Crippen molar-refractivity contribution in [2.45, 2.75) is 39.2 Å². The van der Waals surface area contributed by atoms with Gasteiger partial charge in [0, 0.05) is 23.6 Å². The summed E-state index contributed by atoms with van der Waals surface area (Å²) in [4.78, 5) is 13.4. The normalized spacial score (nSPS) is 15.2. The number of hydrogen-bond donors (Lipinski definition) is 1. The van der Waals surface area contributed by atoms with Crippen molar-refractivity contribution in [1.29, 1.82) is 0 Å². The first-order chi connectivity index (χ1) is 16.8. The molecule has 1 N–H and O–H groups in total. The number of hydrogen-bond acceptors (Lipinski definition) is 3. The predicted octanol–water partition coefficient (Wildman–Crippen LogP) is 6.10. The molecule has 0 unspecified atom stereocenters. The minimum Gasteiger partial charge on any atom is -0.493 e. The largest absolute Gasteiger partial charge is 0.493 e. The summed E-state index contributed by atoms with van der Waals surface area (Å²) in [7, 11) is 0. The number of aromatic nitrogens is 2. The Morgan fingerprint density at radius 3 is 2.71 bits per heavy atom. The quantitative estimate of drug-likeness (QED) is 0.360. The SMILES string of the molecule is Cc1cc2c(C(C)C)c(C(=O)N[C@H]3CCOc4ccccc43)cnn2c1-c1cc(F)cc(F)c1F. The highest BCUT2D eigenvalue weighted by Crippen LogP contribution is 2.35. The number of ether oxygens (including phenoxy) is 1. The third-order valence-corrected chi connectivity index (χ3v) is 6.37. The second-order valence-corrected chi connectivity index (χ2v) is 9.05. The first-order valence-electron chi connectivity index (χ1n) is 11.4. The lowest BCUT2D eigenvalue weighted by molar-refractivity contribution is 0.0923. The second kappa shape index (κ2) is 8.76. The van der Waals surface area contributed by atoms with E-state index in [4.69, 9.17) is 4.74 Å². The standard InChI is InChI=1S/C27H24F3N3O2/c1-14(2)24-19(27(34)32-21-8-9-35-23-7-5-4-6-17(21)23)13-31-33-22(24)10-15(3)26(33)18-11-16(28)12-20(29)25(18)30/h4-7,10-14,21H,8-9H2,1-3H3,(H,32,34)/t21-/m0/s1. The van der Waals surface area contributed by atoms with Crippen LogP contribution in [0.25, 0.3) is 16.8 Å². The van der Waals surface area contributed by atoms with E-state index in [0.717, 1.165) is 17.4 Å². The zero-order valence-electron chi connectivity index (χ0n) is 19.5. The summed E-state index contributed by atoms with van der Waals surface area (Å²) in [5.74, 6) is -2.93. The molecule has 8 heteroatoms. The van der Waals surface area contributed by atoms with Crippen molar-refractivity contribution in [3.8, 4) is 17.0 Å². The average molecular weight is 480 g/mol. The van der Waals surface area contributed by atoms with Crippen LogP contribution in [-0.2, 0) is 0 Å².